The third-order valence-corrected chi connectivity index (χ3v) is 1.04. The molecular formula is C5H3N4. The fourth-order valence-corrected chi connectivity index (χ4v) is 0.647. The number of nitrogens with zero attached hydrogens (tertiary/aromatic N) is 4. The molecule has 0 saturated heterocycles. The smallest absolute Gasteiger partial charge is 0.177 e. The molecule has 0 spiro atoms. The second-order valence-corrected chi connectivity index (χ2v) is 1.59. The average Bonchev–Trinajstić information content (AvgIpc) is 2.33. The van der Waals surface area contributed by atoms with Crippen molar-refractivity contribution in [2.45, 2.75) is 0 Å². The quantitative estimate of drug-likeness (QED) is 0.487. The van der Waals surface area contributed by atoms with Gasteiger partial charge in [-0.25, -0.2) is 4.52 Å². The highest BCUT2D eigenvalue weighted by Gasteiger charge is 1.88. The van der Waals surface area contributed by atoms with Gasteiger partial charge in [-0.3, -0.25) is 0 Å². The van der Waals surface area contributed by atoms with Crippen LogP contribution in [0, 0.1) is 6.20 Å². The summed E-state index contributed by atoms with van der Waals surface area (Å²) in [5.41, 5.74) is 0.744. The fraction of sp³-hybridized carbons (Fsp3) is 0. The van der Waals surface area contributed by atoms with Crippen LogP contribution in [-0.2, 0) is 0 Å². The van der Waals surface area contributed by atoms with Crippen molar-refractivity contribution in [1.29, 1.82) is 0 Å². The zero-order valence-corrected chi connectivity index (χ0v) is 4.52. The van der Waals surface area contributed by atoms with E-state index in [2.05, 4.69) is 21.5 Å². The van der Waals surface area contributed by atoms with E-state index in [1.54, 1.807) is 23.0 Å². The molecule has 4 heteroatoms. The summed E-state index contributed by atoms with van der Waals surface area (Å²) in [4.78, 5) is 0. The Bertz CT molecular complexity index is 283. The predicted molar refractivity (Wildman–Crippen MR) is 29.6 cm³/mol. The van der Waals surface area contributed by atoms with Gasteiger partial charge in [-0.2, -0.15) is 5.10 Å². The van der Waals surface area contributed by atoms with Gasteiger partial charge in [-0.05, 0) is 0 Å². The third kappa shape index (κ3) is 0.561. The SMILES string of the molecule is [c]1cn2nccc2nn1. The minimum atomic E-state index is 0.744. The molecule has 0 aliphatic rings. The number of fused-ring (bicyclic) bond motifs is 1. The highest BCUT2D eigenvalue weighted by atomic mass is 15.3. The van der Waals surface area contributed by atoms with Gasteiger partial charge in [0.2, 0.25) is 0 Å². The molecule has 0 atom stereocenters. The maximum atomic E-state index is 3.90. The molecule has 4 nitrogen and oxygen atoms in total. The van der Waals surface area contributed by atoms with Crippen molar-refractivity contribution < 1.29 is 0 Å². The minimum Gasteiger partial charge on any atom is -0.219 e. The van der Waals surface area contributed by atoms with Gasteiger partial charge in [0, 0.05) is 6.07 Å². The van der Waals surface area contributed by atoms with Gasteiger partial charge in [0.15, 0.2) is 5.65 Å². The zero-order chi connectivity index (χ0) is 6.10. The number of hydrogen-bond donors (Lipinski definition) is 0. The molecule has 0 fully saturated rings. The van der Waals surface area contributed by atoms with E-state index in [1.165, 1.54) is 0 Å². The molecule has 0 N–H and O–H groups in total. The van der Waals surface area contributed by atoms with E-state index in [1.807, 2.05) is 0 Å². The van der Waals surface area contributed by atoms with Crippen LogP contribution < -0.4 is 0 Å². The molecule has 2 heterocycles. The molecule has 2 rings (SSSR count). The summed E-state index contributed by atoms with van der Waals surface area (Å²) in [6.07, 6.45) is 5.85. The van der Waals surface area contributed by atoms with Gasteiger partial charge in [0.1, 0.15) is 6.20 Å². The molecule has 0 aliphatic heterocycles. The van der Waals surface area contributed by atoms with Crippen molar-refractivity contribution in [3.05, 3.63) is 24.7 Å². The molecular weight excluding hydrogens is 116 g/mol. The van der Waals surface area contributed by atoms with E-state index in [0.29, 0.717) is 0 Å². The highest BCUT2D eigenvalue weighted by molar-refractivity contribution is 5.32. The topological polar surface area (TPSA) is 43.1 Å². The van der Waals surface area contributed by atoms with E-state index in [0.717, 1.165) is 5.65 Å². The largest absolute Gasteiger partial charge is 0.219 e. The van der Waals surface area contributed by atoms with Crippen LogP contribution in [0.25, 0.3) is 5.65 Å². The van der Waals surface area contributed by atoms with Crippen molar-refractivity contribution in [1.82, 2.24) is 19.8 Å². The maximum Gasteiger partial charge on any atom is 0.177 e. The van der Waals surface area contributed by atoms with Crippen molar-refractivity contribution in [2.75, 3.05) is 0 Å². The lowest BCUT2D eigenvalue weighted by molar-refractivity contribution is 0.884. The Hall–Kier alpha value is -1.45. The number of aromatic nitrogens is 4. The Morgan fingerprint density at radius 1 is 1.56 bits per heavy atom. The van der Waals surface area contributed by atoms with Crippen LogP contribution in [0.2, 0.25) is 0 Å². The molecule has 0 aromatic carbocycles. The van der Waals surface area contributed by atoms with E-state index in [9.17, 15) is 0 Å². The van der Waals surface area contributed by atoms with Crippen molar-refractivity contribution in [3.8, 4) is 0 Å². The molecule has 0 saturated carbocycles. The van der Waals surface area contributed by atoms with Crippen LogP contribution in [0.3, 0.4) is 0 Å². The average molecular weight is 119 g/mol. The van der Waals surface area contributed by atoms with E-state index < -0.39 is 0 Å². The van der Waals surface area contributed by atoms with Gasteiger partial charge in [-0.15, -0.1) is 10.2 Å². The van der Waals surface area contributed by atoms with Gasteiger partial charge in [0.25, 0.3) is 0 Å². The van der Waals surface area contributed by atoms with Crippen LogP contribution in [0.5, 0.6) is 0 Å². The molecule has 1 radical (unpaired) electrons. The monoisotopic (exact) mass is 119 g/mol. The van der Waals surface area contributed by atoms with Gasteiger partial charge in [0.05, 0.1) is 12.4 Å². The fourth-order valence-electron chi connectivity index (χ4n) is 0.647. The van der Waals surface area contributed by atoms with Crippen LogP contribution in [-0.4, -0.2) is 19.8 Å². The zero-order valence-electron chi connectivity index (χ0n) is 4.52. The molecule has 0 unspecified atom stereocenters. The molecule has 2 aromatic heterocycles. The lowest BCUT2D eigenvalue weighted by atomic mass is 10.7. The summed E-state index contributed by atoms with van der Waals surface area (Å²) in [5, 5.41) is 11.2. The molecule has 0 aliphatic carbocycles. The molecule has 9 heavy (non-hydrogen) atoms. The summed E-state index contributed by atoms with van der Waals surface area (Å²) < 4.78 is 1.60. The first-order valence-corrected chi connectivity index (χ1v) is 2.50. The van der Waals surface area contributed by atoms with E-state index in [-0.39, 0.29) is 0 Å². The van der Waals surface area contributed by atoms with Gasteiger partial charge in [-0.1, -0.05) is 0 Å². The molecule has 0 amide bonds. The van der Waals surface area contributed by atoms with Crippen molar-refractivity contribution in [2.24, 2.45) is 0 Å². The van der Waals surface area contributed by atoms with E-state index in [4.69, 9.17) is 0 Å². The lowest BCUT2D eigenvalue weighted by Gasteiger charge is -1.83. The van der Waals surface area contributed by atoms with Crippen LogP contribution >= 0.6 is 0 Å². The van der Waals surface area contributed by atoms with E-state index >= 15 is 0 Å². The molecule has 0 bridgehead atoms. The maximum absolute atomic E-state index is 3.90. The second-order valence-electron chi connectivity index (χ2n) is 1.59. The third-order valence-electron chi connectivity index (χ3n) is 1.04. The second kappa shape index (κ2) is 1.51. The Morgan fingerprint density at radius 2 is 2.56 bits per heavy atom. The first kappa shape index (κ1) is 4.43. The van der Waals surface area contributed by atoms with Crippen LogP contribution in [0.4, 0.5) is 0 Å². The van der Waals surface area contributed by atoms with Gasteiger partial charge >= 0.3 is 0 Å². The normalized spacial score (nSPS) is 10.2. The summed E-state index contributed by atoms with van der Waals surface area (Å²) in [6.45, 7) is 0. The lowest BCUT2D eigenvalue weighted by Crippen LogP contribution is -1.89. The summed E-state index contributed by atoms with van der Waals surface area (Å²) in [7, 11) is 0. The van der Waals surface area contributed by atoms with Crippen molar-refractivity contribution >= 4 is 5.65 Å². The summed E-state index contributed by atoms with van der Waals surface area (Å²) >= 11 is 0. The predicted octanol–water partition coefficient (Wildman–Crippen LogP) is -0.0755. The highest BCUT2D eigenvalue weighted by Crippen LogP contribution is 1.90. The van der Waals surface area contributed by atoms with Crippen molar-refractivity contribution in [3.63, 3.8) is 0 Å². The number of hydrogen-bond acceptors (Lipinski definition) is 3. The summed E-state index contributed by atoms with van der Waals surface area (Å²) in [6, 6.07) is 1.78. The first-order valence-electron chi connectivity index (χ1n) is 2.50. The van der Waals surface area contributed by atoms with Gasteiger partial charge < -0.3 is 0 Å². The molecule has 2 aromatic rings. The Morgan fingerprint density at radius 3 is 3.44 bits per heavy atom. The summed E-state index contributed by atoms with van der Waals surface area (Å²) in [5.74, 6) is 0. The standard InChI is InChI=1S/C5H3N4/c1-2-7-9-4-3-6-8-5(1)9/h1-2,4H. The first-order chi connectivity index (χ1) is 4.47. The molecule has 43 valence electrons. The number of rotatable bonds is 0. The van der Waals surface area contributed by atoms with Crippen LogP contribution in [0.1, 0.15) is 0 Å². The Kier molecular flexibility index (Phi) is 0.745. The van der Waals surface area contributed by atoms with Crippen LogP contribution in [0.15, 0.2) is 18.5 Å². The minimum absolute atomic E-state index is 0.744. The Labute approximate surface area is 51.1 Å². The Balaban J connectivity index is 2.95.